The van der Waals surface area contributed by atoms with Gasteiger partial charge in [0.15, 0.2) is 5.82 Å². The van der Waals surface area contributed by atoms with Gasteiger partial charge >= 0.3 is 0 Å². The van der Waals surface area contributed by atoms with Gasteiger partial charge in [-0.2, -0.15) is 10.1 Å². The molecule has 0 spiro atoms. The first kappa shape index (κ1) is 17.0. The van der Waals surface area contributed by atoms with E-state index >= 15 is 0 Å². The molecule has 2 fully saturated rings. The van der Waals surface area contributed by atoms with Gasteiger partial charge in [0.2, 0.25) is 11.9 Å². The summed E-state index contributed by atoms with van der Waals surface area (Å²) in [6.45, 7) is 7.53. The highest BCUT2D eigenvalue weighted by Crippen LogP contribution is 2.24. The number of piperidine rings is 1. The Morgan fingerprint density at radius 2 is 1.85 bits per heavy atom. The van der Waals surface area contributed by atoms with Crippen LogP contribution in [0.15, 0.2) is 18.3 Å². The fraction of sp³-hybridized carbons (Fsp3) is 0.579. The Labute approximate surface area is 154 Å². The third-order valence-electron chi connectivity index (χ3n) is 5.40. The number of aromatic nitrogens is 4. The molecular weight excluding hydrogens is 328 g/mol. The fourth-order valence-corrected chi connectivity index (χ4v) is 3.99. The average molecular weight is 354 g/mol. The van der Waals surface area contributed by atoms with Gasteiger partial charge in [0.1, 0.15) is 0 Å². The molecule has 2 aliphatic heterocycles. The Balaban J connectivity index is 1.44. The van der Waals surface area contributed by atoms with Crippen molar-refractivity contribution in [1.82, 2.24) is 24.6 Å². The lowest BCUT2D eigenvalue weighted by Crippen LogP contribution is -2.42. The Hall–Kier alpha value is -2.44. The number of hydrogen-bond acceptors (Lipinski definition) is 5. The zero-order valence-electron chi connectivity index (χ0n) is 15.6. The Morgan fingerprint density at radius 1 is 1.12 bits per heavy atom. The van der Waals surface area contributed by atoms with Crippen LogP contribution in [0.25, 0.3) is 5.82 Å². The van der Waals surface area contributed by atoms with Crippen LogP contribution in [-0.2, 0) is 4.79 Å². The van der Waals surface area contributed by atoms with Gasteiger partial charge in [0.25, 0.3) is 0 Å². The third-order valence-corrected chi connectivity index (χ3v) is 5.40. The molecule has 138 valence electrons. The second-order valence-electron chi connectivity index (χ2n) is 7.35. The molecule has 26 heavy (non-hydrogen) atoms. The zero-order valence-corrected chi connectivity index (χ0v) is 15.6. The molecular formula is C19H26N6O. The monoisotopic (exact) mass is 354 g/mol. The van der Waals surface area contributed by atoms with Crippen LogP contribution in [-0.4, -0.2) is 56.7 Å². The standard InChI is InChI=1S/C19H26N6O/c1-14-13-15(2)25(22-14)17-5-8-20-19(21-17)24-11-6-16(7-12-24)18(26)23-9-3-4-10-23/h5,8,13,16H,3-4,6-7,9-12H2,1-2H3. The molecule has 4 heterocycles. The van der Waals surface area contributed by atoms with Gasteiger partial charge in [-0.25, -0.2) is 9.67 Å². The summed E-state index contributed by atoms with van der Waals surface area (Å²) in [7, 11) is 0. The predicted molar refractivity (Wildman–Crippen MR) is 99.4 cm³/mol. The van der Waals surface area contributed by atoms with E-state index in [4.69, 9.17) is 4.98 Å². The maximum absolute atomic E-state index is 12.6. The Morgan fingerprint density at radius 3 is 2.50 bits per heavy atom. The van der Waals surface area contributed by atoms with Gasteiger partial charge < -0.3 is 9.80 Å². The second-order valence-corrected chi connectivity index (χ2v) is 7.35. The van der Waals surface area contributed by atoms with Crippen molar-refractivity contribution in [2.24, 2.45) is 5.92 Å². The van der Waals surface area contributed by atoms with Gasteiger partial charge in [-0.1, -0.05) is 0 Å². The molecule has 2 aliphatic rings. The summed E-state index contributed by atoms with van der Waals surface area (Å²) in [6.07, 6.45) is 5.84. The summed E-state index contributed by atoms with van der Waals surface area (Å²) in [6, 6.07) is 3.92. The van der Waals surface area contributed by atoms with E-state index in [-0.39, 0.29) is 5.92 Å². The summed E-state index contributed by atoms with van der Waals surface area (Å²) in [4.78, 5) is 26.0. The van der Waals surface area contributed by atoms with Crippen LogP contribution in [0.5, 0.6) is 0 Å². The van der Waals surface area contributed by atoms with E-state index in [9.17, 15) is 4.79 Å². The molecule has 0 aliphatic carbocycles. The van der Waals surface area contributed by atoms with Crippen LogP contribution in [0, 0.1) is 19.8 Å². The minimum Gasteiger partial charge on any atom is -0.342 e. The number of carbonyl (C=O) groups excluding carboxylic acids is 1. The third kappa shape index (κ3) is 3.30. The van der Waals surface area contributed by atoms with E-state index in [0.717, 1.165) is 75.0 Å². The number of rotatable bonds is 3. The maximum atomic E-state index is 12.6. The van der Waals surface area contributed by atoms with Crippen LogP contribution >= 0.6 is 0 Å². The maximum Gasteiger partial charge on any atom is 0.227 e. The van der Waals surface area contributed by atoms with E-state index < -0.39 is 0 Å². The number of nitrogens with zero attached hydrogens (tertiary/aromatic N) is 6. The molecule has 4 rings (SSSR count). The highest BCUT2D eigenvalue weighted by atomic mass is 16.2. The zero-order chi connectivity index (χ0) is 18.1. The lowest BCUT2D eigenvalue weighted by atomic mass is 9.95. The average Bonchev–Trinajstić information content (AvgIpc) is 3.31. The van der Waals surface area contributed by atoms with Crippen molar-refractivity contribution in [3.8, 4) is 5.82 Å². The first-order chi connectivity index (χ1) is 12.6. The summed E-state index contributed by atoms with van der Waals surface area (Å²) in [5.74, 6) is 2.01. The van der Waals surface area contributed by atoms with Gasteiger partial charge in [-0.3, -0.25) is 4.79 Å². The van der Waals surface area contributed by atoms with Gasteiger partial charge in [-0.15, -0.1) is 0 Å². The lowest BCUT2D eigenvalue weighted by Gasteiger charge is -2.33. The van der Waals surface area contributed by atoms with Crippen molar-refractivity contribution < 1.29 is 4.79 Å². The lowest BCUT2D eigenvalue weighted by molar-refractivity contribution is -0.135. The van der Waals surface area contributed by atoms with Crippen molar-refractivity contribution in [2.45, 2.75) is 39.5 Å². The molecule has 0 bridgehead atoms. The summed E-state index contributed by atoms with van der Waals surface area (Å²) < 4.78 is 1.85. The number of carbonyl (C=O) groups is 1. The normalized spacial score (nSPS) is 18.5. The first-order valence-corrected chi connectivity index (χ1v) is 9.52. The number of anilines is 1. The van der Waals surface area contributed by atoms with Crippen molar-refractivity contribution >= 4 is 11.9 Å². The topological polar surface area (TPSA) is 67.2 Å². The van der Waals surface area contributed by atoms with E-state index in [1.165, 1.54) is 0 Å². The molecule has 0 N–H and O–H groups in total. The number of hydrogen-bond donors (Lipinski definition) is 0. The second kappa shape index (κ2) is 7.05. The van der Waals surface area contributed by atoms with Crippen LogP contribution in [0.4, 0.5) is 5.95 Å². The molecule has 7 nitrogen and oxygen atoms in total. The molecule has 0 aromatic carbocycles. The summed E-state index contributed by atoms with van der Waals surface area (Å²) in [5.41, 5.74) is 2.03. The van der Waals surface area contributed by atoms with Gasteiger partial charge in [0, 0.05) is 50.1 Å². The molecule has 7 heteroatoms. The van der Waals surface area contributed by atoms with E-state index in [2.05, 4.69) is 15.0 Å². The molecule has 0 saturated carbocycles. The van der Waals surface area contributed by atoms with Crippen molar-refractivity contribution in [2.75, 3.05) is 31.1 Å². The molecule has 0 radical (unpaired) electrons. The number of amides is 1. The number of likely N-dealkylation sites (tertiary alicyclic amines) is 1. The number of aryl methyl sites for hydroxylation is 2. The fourth-order valence-electron chi connectivity index (χ4n) is 3.99. The van der Waals surface area contributed by atoms with Crippen molar-refractivity contribution in [3.05, 3.63) is 29.7 Å². The summed E-state index contributed by atoms with van der Waals surface area (Å²) in [5, 5.41) is 4.50. The van der Waals surface area contributed by atoms with E-state index in [1.54, 1.807) is 6.20 Å². The SMILES string of the molecule is Cc1cc(C)n(-c2ccnc(N3CCC(C(=O)N4CCCC4)CC3)n2)n1. The minimum absolute atomic E-state index is 0.156. The smallest absolute Gasteiger partial charge is 0.227 e. The molecule has 0 unspecified atom stereocenters. The molecule has 0 atom stereocenters. The van der Waals surface area contributed by atoms with Crippen molar-refractivity contribution in [3.63, 3.8) is 0 Å². The summed E-state index contributed by atoms with van der Waals surface area (Å²) >= 11 is 0. The van der Waals surface area contributed by atoms with E-state index in [0.29, 0.717) is 5.91 Å². The largest absolute Gasteiger partial charge is 0.342 e. The van der Waals surface area contributed by atoms with Crippen LogP contribution in [0.2, 0.25) is 0 Å². The van der Waals surface area contributed by atoms with Gasteiger partial charge in [-0.05, 0) is 45.6 Å². The Kier molecular flexibility index (Phi) is 4.61. The van der Waals surface area contributed by atoms with Crippen molar-refractivity contribution in [1.29, 1.82) is 0 Å². The first-order valence-electron chi connectivity index (χ1n) is 9.52. The van der Waals surface area contributed by atoms with Crippen LogP contribution < -0.4 is 4.90 Å². The van der Waals surface area contributed by atoms with Crippen LogP contribution in [0.3, 0.4) is 0 Å². The van der Waals surface area contributed by atoms with Gasteiger partial charge in [0.05, 0.1) is 5.69 Å². The molecule has 2 aromatic heterocycles. The minimum atomic E-state index is 0.156. The Bertz CT molecular complexity index is 787. The quantitative estimate of drug-likeness (QED) is 0.845. The predicted octanol–water partition coefficient (Wildman–Crippen LogP) is 2.12. The molecule has 2 saturated heterocycles. The van der Waals surface area contributed by atoms with Crippen LogP contribution in [0.1, 0.15) is 37.1 Å². The van der Waals surface area contributed by atoms with E-state index in [1.807, 2.05) is 35.6 Å². The molecule has 1 amide bonds. The highest BCUT2D eigenvalue weighted by molar-refractivity contribution is 5.79. The highest BCUT2D eigenvalue weighted by Gasteiger charge is 2.30. The molecule has 2 aromatic rings.